The summed E-state index contributed by atoms with van der Waals surface area (Å²) >= 11 is 3.03. The Hall–Kier alpha value is -1.24. The maximum Gasteiger partial charge on any atom is 0.346 e. The summed E-state index contributed by atoms with van der Waals surface area (Å²) in [6.45, 7) is 1.33. The molecule has 100 valence electrons. The highest BCUT2D eigenvalue weighted by molar-refractivity contribution is 7.12. The molecule has 19 heavy (non-hydrogen) atoms. The van der Waals surface area contributed by atoms with Crippen molar-refractivity contribution in [2.75, 3.05) is 0 Å². The van der Waals surface area contributed by atoms with Crippen LogP contribution in [0.15, 0.2) is 17.6 Å². The first-order chi connectivity index (χ1) is 9.24. The number of hydrogen-bond donors (Lipinski definition) is 2. The van der Waals surface area contributed by atoms with Gasteiger partial charge < -0.3 is 10.4 Å². The van der Waals surface area contributed by atoms with Crippen LogP contribution < -0.4 is 5.32 Å². The van der Waals surface area contributed by atoms with Crippen molar-refractivity contribution in [1.82, 2.24) is 10.3 Å². The van der Waals surface area contributed by atoms with Gasteiger partial charge in [-0.15, -0.1) is 22.7 Å². The highest BCUT2D eigenvalue weighted by Crippen LogP contribution is 2.41. The van der Waals surface area contributed by atoms with Gasteiger partial charge in [0, 0.05) is 30.1 Å². The minimum absolute atomic E-state index is 0.426. The van der Waals surface area contributed by atoms with Crippen molar-refractivity contribution >= 4 is 28.6 Å². The maximum atomic E-state index is 11.0. The SMILES string of the molecule is O=C(O)c1sccc1CNCc1cnc(C2CC2)s1. The minimum atomic E-state index is -0.847. The quantitative estimate of drug-likeness (QED) is 0.859. The van der Waals surface area contributed by atoms with Crippen LogP contribution in [0.25, 0.3) is 0 Å². The number of hydrogen-bond acceptors (Lipinski definition) is 5. The fourth-order valence-corrected chi connectivity index (χ4v) is 3.72. The highest BCUT2D eigenvalue weighted by atomic mass is 32.1. The molecule has 2 aromatic heterocycles. The van der Waals surface area contributed by atoms with E-state index in [9.17, 15) is 4.79 Å². The Morgan fingerprint density at radius 2 is 2.32 bits per heavy atom. The fraction of sp³-hybridized carbons (Fsp3) is 0.385. The van der Waals surface area contributed by atoms with E-state index < -0.39 is 5.97 Å². The summed E-state index contributed by atoms with van der Waals surface area (Å²) in [5.41, 5.74) is 0.851. The van der Waals surface area contributed by atoms with Crippen molar-refractivity contribution in [2.24, 2.45) is 0 Å². The van der Waals surface area contributed by atoms with Crippen molar-refractivity contribution in [3.05, 3.63) is 38.0 Å². The van der Waals surface area contributed by atoms with Gasteiger partial charge in [0.2, 0.25) is 0 Å². The van der Waals surface area contributed by atoms with Crippen LogP contribution in [0, 0.1) is 0 Å². The van der Waals surface area contributed by atoms with E-state index in [0.717, 1.165) is 12.1 Å². The number of nitrogens with one attached hydrogen (secondary N) is 1. The Kier molecular flexibility index (Phi) is 3.63. The third-order valence-corrected chi connectivity index (χ3v) is 5.16. The molecule has 1 aliphatic rings. The first-order valence-corrected chi connectivity index (χ1v) is 7.88. The normalized spacial score (nSPS) is 14.7. The second-order valence-electron chi connectivity index (χ2n) is 4.62. The number of rotatable bonds is 6. The third-order valence-electron chi connectivity index (χ3n) is 3.05. The van der Waals surface area contributed by atoms with Crippen LogP contribution in [0.3, 0.4) is 0 Å². The van der Waals surface area contributed by atoms with Crippen LogP contribution in [0.5, 0.6) is 0 Å². The Morgan fingerprint density at radius 3 is 3.05 bits per heavy atom. The van der Waals surface area contributed by atoms with Gasteiger partial charge in [-0.05, 0) is 29.9 Å². The zero-order valence-electron chi connectivity index (χ0n) is 10.3. The lowest BCUT2D eigenvalue weighted by atomic mass is 10.2. The van der Waals surface area contributed by atoms with E-state index in [1.165, 1.54) is 34.1 Å². The molecule has 0 amide bonds. The highest BCUT2D eigenvalue weighted by Gasteiger charge is 2.26. The molecule has 3 rings (SSSR count). The Balaban J connectivity index is 1.54. The van der Waals surface area contributed by atoms with E-state index in [1.807, 2.05) is 17.6 Å². The fourth-order valence-electron chi connectivity index (χ4n) is 1.91. The first-order valence-electron chi connectivity index (χ1n) is 6.19. The number of carbonyl (C=O) groups is 1. The lowest BCUT2D eigenvalue weighted by Crippen LogP contribution is -2.13. The lowest BCUT2D eigenvalue weighted by molar-refractivity contribution is 0.0701. The molecule has 0 unspecified atom stereocenters. The van der Waals surface area contributed by atoms with Gasteiger partial charge in [-0.25, -0.2) is 9.78 Å². The summed E-state index contributed by atoms with van der Waals surface area (Å²) in [5, 5.41) is 15.4. The average Bonchev–Trinajstić information content (AvgIpc) is 2.95. The molecule has 0 bridgehead atoms. The Bertz CT molecular complexity index is 587. The molecule has 1 saturated carbocycles. The zero-order valence-corrected chi connectivity index (χ0v) is 11.9. The topological polar surface area (TPSA) is 62.2 Å². The molecule has 1 fully saturated rings. The van der Waals surface area contributed by atoms with Crippen molar-refractivity contribution < 1.29 is 9.90 Å². The van der Waals surface area contributed by atoms with Gasteiger partial charge in [0.25, 0.3) is 0 Å². The molecule has 2 heterocycles. The Labute approximate surface area is 119 Å². The first kappa shape index (κ1) is 12.8. The van der Waals surface area contributed by atoms with E-state index in [2.05, 4.69) is 10.3 Å². The molecular formula is C13H14N2O2S2. The number of nitrogens with zero attached hydrogens (tertiary/aromatic N) is 1. The molecule has 2 N–H and O–H groups in total. The molecule has 0 spiro atoms. The standard InChI is InChI=1S/C13H14N2O2S2/c16-13(17)11-9(3-4-18-11)5-14-6-10-7-15-12(19-10)8-1-2-8/h3-4,7-8,14H,1-2,5-6H2,(H,16,17). The molecule has 0 aromatic carbocycles. The second kappa shape index (κ2) is 5.40. The third kappa shape index (κ3) is 3.02. The van der Waals surface area contributed by atoms with Crippen LogP contribution in [0.1, 0.15) is 43.9 Å². The van der Waals surface area contributed by atoms with E-state index in [4.69, 9.17) is 5.11 Å². The molecule has 2 aromatic rings. The van der Waals surface area contributed by atoms with Gasteiger partial charge in [-0.1, -0.05) is 0 Å². The smallest absolute Gasteiger partial charge is 0.346 e. The van der Waals surface area contributed by atoms with Gasteiger partial charge >= 0.3 is 5.97 Å². The molecule has 4 nitrogen and oxygen atoms in total. The minimum Gasteiger partial charge on any atom is -0.477 e. The predicted molar refractivity (Wildman–Crippen MR) is 75.9 cm³/mol. The number of carboxylic acid groups (broad SMARTS) is 1. The lowest BCUT2D eigenvalue weighted by Gasteiger charge is -2.02. The van der Waals surface area contributed by atoms with Crippen LogP contribution in [-0.4, -0.2) is 16.1 Å². The van der Waals surface area contributed by atoms with E-state index in [-0.39, 0.29) is 0 Å². The largest absolute Gasteiger partial charge is 0.477 e. The summed E-state index contributed by atoms with van der Waals surface area (Å²) in [4.78, 5) is 17.0. The van der Waals surface area contributed by atoms with Crippen molar-refractivity contribution in [3.63, 3.8) is 0 Å². The second-order valence-corrected chi connectivity index (χ2v) is 6.69. The molecule has 0 atom stereocenters. The summed E-state index contributed by atoms with van der Waals surface area (Å²) in [7, 11) is 0. The number of aromatic carboxylic acids is 1. The molecule has 0 radical (unpaired) electrons. The van der Waals surface area contributed by atoms with Gasteiger partial charge in [0.15, 0.2) is 0 Å². The average molecular weight is 294 g/mol. The van der Waals surface area contributed by atoms with Gasteiger partial charge in [0.1, 0.15) is 4.88 Å². The van der Waals surface area contributed by atoms with E-state index in [1.54, 1.807) is 11.3 Å². The van der Waals surface area contributed by atoms with Crippen LogP contribution in [0.4, 0.5) is 0 Å². The zero-order chi connectivity index (χ0) is 13.2. The van der Waals surface area contributed by atoms with Crippen molar-refractivity contribution in [2.45, 2.75) is 31.8 Å². The maximum absolute atomic E-state index is 11.0. The summed E-state index contributed by atoms with van der Waals surface area (Å²) in [6.07, 6.45) is 4.48. The molecule has 1 aliphatic carbocycles. The Morgan fingerprint density at radius 1 is 1.47 bits per heavy atom. The summed E-state index contributed by atoms with van der Waals surface area (Å²) < 4.78 is 0. The van der Waals surface area contributed by atoms with Gasteiger partial charge in [-0.3, -0.25) is 0 Å². The van der Waals surface area contributed by atoms with Crippen molar-refractivity contribution in [1.29, 1.82) is 0 Å². The molecule has 0 saturated heterocycles. The van der Waals surface area contributed by atoms with Gasteiger partial charge in [-0.2, -0.15) is 0 Å². The van der Waals surface area contributed by atoms with Crippen molar-refractivity contribution in [3.8, 4) is 0 Å². The van der Waals surface area contributed by atoms with Crippen LogP contribution >= 0.6 is 22.7 Å². The molecule has 0 aliphatic heterocycles. The van der Waals surface area contributed by atoms with Crippen LogP contribution in [-0.2, 0) is 13.1 Å². The van der Waals surface area contributed by atoms with Gasteiger partial charge in [0.05, 0.1) is 5.01 Å². The van der Waals surface area contributed by atoms with E-state index >= 15 is 0 Å². The number of thiazole rings is 1. The van der Waals surface area contributed by atoms with E-state index in [0.29, 0.717) is 17.3 Å². The molecule has 6 heteroatoms. The molecular weight excluding hydrogens is 280 g/mol. The monoisotopic (exact) mass is 294 g/mol. The number of thiophene rings is 1. The summed E-state index contributed by atoms with van der Waals surface area (Å²) in [6, 6.07) is 1.86. The summed E-state index contributed by atoms with van der Waals surface area (Å²) in [5.74, 6) is -0.144. The number of carboxylic acids is 1. The van der Waals surface area contributed by atoms with Crippen LogP contribution in [0.2, 0.25) is 0 Å². The predicted octanol–water partition coefficient (Wildman–Crippen LogP) is 3.07. The number of aromatic nitrogens is 1.